The number of terminal acetylenes is 1. The van der Waals surface area contributed by atoms with E-state index in [1.54, 1.807) is 0 Å². The molecule has 0 saturated heterocycles. The quantitative estimate of drug-likeness (QED) is 0.452. The van der Waals surface area contributed by atoms with Gasteiger partial charge in [0.15, 0.2) is 0 Å². The first-order valence-corrected chi connectivity index (χ1v) is 8.48. The SMILES string of the molecule is C#Cc1cc(CCC)ccc1C1CCC(CCC=C)CC1. The zero-order valence-electron chi connectivity index (χ0n) is 13.4. The van der Waals surface area contributed by atoms with Crippen molar-refractivity contribution in [1.29, 1.82) is 0 Å². The van der Waals surface area contributed by atoms with Crippen LogP contribution in [-0.2, 0) is 6.42 Å². The van der Waals surface area contributed by atoms with E-state index in [0.29, 0.717) is 5.92 Å². The molecular formula is C21H28. The van der Waals surface area contributed by atoms with Crippen LogP contribution < -0.4 is 0 Å². The van der Waals surface area contributed by atoms with E-state index in [1.165, 1.54) is 49.7 Å². The number of benzene rings is 1. The summed E-state index contributed by atoms with van der Waals surface area (Å²) in [5.41, 5.74) is 3.93. The molecule has 0 spiro atoms. The molecule has 1 aliphatic carbocycles. The van der Waals surface area contributed by atoms with Gasteiger partial charge >= 0.3 is 0 Å². The maximum atomic E-state index is 5.75. The summed E-state index contributed by atoms with van der Waals surface area (Å²) in [6, 6.07) is 6.82. The molecule has 1 saturated carbocycles. The molecule has 112 valence electrons. The van der Waals surface area contributed by atoms with Crippen LogP contribution >= 0.6 is 0 Å². The van der Waals surface area contributed by atoms with Crippen molar-refractivity contribution in [1.82, 2.24) is 0 Å². The Kier molecular flexibility index (Phi) is 6.12. The smallest absolute Gasteiger partial charge is 0.0280 e. The van der Waals surface area contributed by atoms with E-state index in [2.05, 4.69) is 43.7 Å². The highest BCUT2D eigenvalue weighted by Gasteiger charge is 2.23. The molecule has 0 aromatic heterocycles. The molecule has 1 aliphatic rings. The molecule has 1 fully saturated rings. The van der Waals surface area contributed by atoms with Crippen molar-refractivity contribution in [3.8, 4) is 12.3 Å². The standard InChI is InChI=1S/C21H28/c1-4-7-9-17-10-13-20(14-11-17)21-15-12-18(8-5-2)16-19(21)6-3/h3-4,12,15-17,20H,1,5,7-11,13-14H2,2H3. The summed E-state index contributed by atoms with van der Waals surface area (Å²) in [7, 11) is 0. The van der Waals surface area contributed by atoms with Crippen LogP contribution in [0.3, 0.4) is 0 Å². The van der Waals surface area contributed by atoms with Crippen molar-refractivity contribution in [2.24, 2.45) is 5.92 Å². The Balaban J connectivity index is 2.03. The number of hydrogen-bond donors (Lipinski definition) is 0. The van der Waals surface area contributed by atoms with Crippen LogP contribution in [0.5, 0.6) is 0 Å². The Bertz CT molecular complexity index is 495. The lowest BCUT2D eigenvalue weighted by atomic mass is 9.76. The lowest BCUT2D eigenvalue weighted by molar-refractivity contribution is 0.311. The van der Waals surface area contributed by atoms with Gasteiger partial charge in [-0.2, -0.15) is 0 Å². The largest absolute Gasteiger partial charge is 0.115 e. The third kappa shape index (κ3) is 4.24. The summed E-state index contributed by atoms with van der Waals surface area (Å²) < 4.78 is 0. The lowest BCUT2D eigenvalue weighted by Crippen LogP contribution is -2.14. The van der Waals surface area contributed by atoms with E-state index < -0.39 is 0 Å². The number of rotatable bonds is 6. The summed E-state index contributed by atoms with van der Waals surface area (Å²) in [4.78, 5) is 0. The first-order valence-electron chi connectivity index (χ1n) is 8.48. The molecule has 0 unspecified atom stereocenters. The molecule has 2 rings (SSSR count). The van der Waals surface area contributed by atoms with Crippen LogP contribution in [0, 0.1) is 18.3 Å². The van der Waals surface area contributed by atoms with E-state index in [1.807, 2.05) is 0 Å². The van der Waals surface area contributed by atoms with Gasteiger partial charge in [-0.15, -0.1) is 13.0 Å². The van der Waals surface area contributed by atoms with Crippen molar-refractivity contribution in [2.45, 2.75) is 64.2 Å². The minimum absolute atomic E-state index is 0.673. The minimum Gasteiger partial charge on any atom is -0.115 e. The van der Waals surface area contributed by atoms with Gasteiger partial charge in [0.05, 0.1) is 0 Å². The highest BCUT2D eigenvalue weighted by molar-refractivity contribution is 5.44. The average Bonchev–Trinajstić information content (AvgIpc) is 2.53. The first-order chi connectivity index (χ1) is 10.3. The van der Waals surface area contributed by atoms with Gasteiger partial charge in [0.1, 0.15) is 0 Å². The van der Waals surface area contributed by atoms with Crippen molar-refractivity contribution >= 4 is 0 Å². The normalized spacial score (nSPS) is 21.7. The highest BCUT2D eigenvalue weighted by Crippen LogP contribution is 2.38. The predicted octanol–water partition coefficient (Wildman–Crippen LogP) is 5.86. The third-order valence-corrected chi connectivity index (χ3v) is 4.88. The second-order valence-electron chi connectivity index (χ2n) is 6.40. The van der Waals surface area contributed by atoms with Gasteiger partial charge in [-0.3, -0.25) is 0 Å². The fourth-order valence-electron chi connectivity index (χ4n) is 3.64. The van der Waals surface area contributed by atoms with E-state index in [-0.39, 0.29) is 0 Å². The fourth-order valence-corrected chi connectivity index (χ4v) is 3.64. The molecule has 0 heterocycles. The van der Waals surface area contributed by atoms with Crippen LogP contribution in [-0.4, -0.2) is 0 Å². The minimum atomic E-state index is 0.673. The molecule has 21 heavy (non-hydrogen) atoms. The molecule has 0 heteroatoms. The summed E-state index contributed by atoms with van der Waals surface area (Å²) >= 11 is 0. The summed E-state index contributed by atoms with van der Waals surface area (Å²) in [5.74, 6) is 4.49. The van der Waals surface area contributed by atoms with Gasteiger partial charge in [-0.25, -0.2) is 0 Å². The average molecular weight is 280 g/mol. The number of aryl methyl sites for hydroxylation is 1. The number of hydrogen-bond acceptors (Lipinski definition) is 0. The number of allylic oxidation sites excluding steroid dienone is 1. The molecule has 0 N–H and O–H groups in total. The Hall–Kier alpha value is -1.48. The highest BCUT2D eigenvalue weighted by atomic mass is 14.3. The second kappa shape index (κ2) is 8.08. The molecular weight excluding hydrogens is 252 g/mol. The van der Waals surface area contributed by atoms with Crippen LogP contribution in [0.25, 0.3) is 0 Å². The predicted molar refractivity (Wildman–Crippen MR) is 92.5 cm³/mol. The van der Waals surface area contributed by atoms with Crippen LogP contribution in [0.2, 0.25) is 0 Å². The summed E-state index contributed by atoms with van der Waals surface area (Å²) in [6.45, 7) is 6.05. The Labute approximate surface area is 130 Å². The monoisotopic (exact) mass is 280 g/mol. The van der Waals surface area contributed by atoms with Crippen LogP contribution in [0.15, 0.2) is 30.9 Å². The van der Waals surface area contributed by atoms with Crippen molar-refractivity contribution < 1.29 is 0 Å². The molecule has 0 nitrogen and oxygen atoms in total. The molecule has 1 aromatic carbocycles. The Morgan fingerprint density at radius 1 is 1.29 bits per heavy atom. The molecule has 0 atom stereocenters. The van der Waals surface area contributed by atoms with Crippen molar-refractivity contribution in [3.63, 3.8) is 0 Å². The lowest BCUT2D eigenvalue weighted by Gasteiger charge is -2.29. The molecule has 0 amide bonds. The van der Waals surface area contributed by atoms with E-state index in [4.69, 9.17) is 6.42 Å². The van der Waals surface area contributed by atoms with Crippen molar-refractivity contribution in [2.75, 3.05) is 0 Å². The third-order valence-electron chi connectivity index (χ3n) is 4.88. The molecule has 0 aliphatic heterocycles. The molecule has 1 aromatic rings. The van der Waals surface area contributed by atoms with Gasteiger partial charge in [0.2, 0.25) is 0 Å². The van der Waals surface area contributed by atoms with E-state index in [9.17, 15) is 0 Å². The van der Waals surface area contributed by atoms with E-state index in [0.717, 1.165) is 24.3 Å². The van der Waals surface area contributed by atoms with Crippen molar-refractivity contribution in [3.05, 3.63) is 47.5 Å². The summed E-state index contributed by atoms with van der Waals surface area (Å²) in [6.07, 6.45) is 17.9. The second-order valence-corrected chi connectivity index (χ2v) is 6.40. The van der Waals surface area contributed by atoms with Gasteiger partial charge in [-0.1, -0.05) is 37.5 Å². The van der Waals surface area contributed by atoms with Gasteiger partial charge in [-0.05, 0) is 74.0 Å². The Morgan fingerprint density at radius 3 is 2.67 bits per heavy atom. The summed E-state index contributed by atoms with van der Waals surface area (Å²) in [5, 5.41) is 0. The maximum Gasteiger partial charge on any atom is 0.0280 e. The van der Waals surface area contributed by atoms with Gasteiger partial charge in [0, 0.05) is 5.56 Å². The molecule has 0 bridgehead atoms. The Morgan fingerprint density at radius 2 is 2.05 bits per heavy atom. The maximum absolute atomic E-state index is 5.75. The topological polar surface area (TPSA) is 0 Å². The van der Waals surface area contributed by atoms with E-state index >= 15 is 0 Å². The van der Waals surface area contributed by atoms with Crippen LogP contribution in [0.1, 0.15) is 74.5 Å². The van der Waals surface area contributed by atoms with Crippen LogP contribution in [0.4, 0.5) is 0 Å². The van der Waals surface area contributed by atoms with Gasteiger partial charge in [0.25, 0.3) is 0 Å². The fraction of sp³-hybridized carbons (Fsp3) is 0.524. The molecule has 0 radical (unpaired) electrons. The first kappa shape index (κ1) is 15.9. The van der Waals surface area contributed by atoms with Gasteiger partial charge < -0.3 is 0 Å². The zero-order chi connectivity index (χ0) is 15.1. The zero-order valence-corrected chi connectivity index (χ0v) is 13.4.